The number of rotatable bonds is 5. The molecule has 2 rings (SSSR count). The van der Waals surface area contributed by atoms with Crippen LogP contribution in [0.2, 0.25) is 0 Å². The molecule has 0 radical (unpaired) electrons. The van der Waals surface area contributed by atoms with E-state index in [1.165, 1.54) is 12.2 Å². The molecule has 1 aromatic rings. The smallest absolute Gasteiger partial charge is 0.316 e. The molecule has 1 atom stereocenters. The van der Waals surface area contributed by atoms with Gasteiger partial charge in [-0.05, 0) is 11.1 Å². The number of hydrogen-bond donors (Lipinski definition) is 0. The number of hydrogen-bond acceptors (Lipinski definition) is 3. The van der Waals surface area contributed by atoms with Crippen molar-refractivity contribution in [2.24, 2.45) is 5.11 Å². The van der Waals surface area contributed by atoms with Crippen LogP contribution in [0.3, 0.4) is 0 Å². The van der Waals surface area contributed by atoms with Gasteiger partial charge in [0.15, 0.2) is 0 Å². The largest absolute Gasteiger partial charge is 0.344 e. The van der Waals surface area contributed by atoms with Crippen molar-refractivity contribution in [2.75, 3.05) is 20.2 Å². The fourth-order valence-corrected chi connectivity index (χ4v) is 2.13. The van der Waals surface area contributed by atoms with Crippen molar-refractivity contribution in [2.45, 2.75) is 12.6 Å². The number of hydroxylamine groups is 2. The van der Waals surface area contributed by atoms with E-state index < -0.39 is 0 Å². The average molecular weight is 261 g/mol. The highest BCUT2D eigenvalue weighted by Crippen LogP contribution is 2.19. The van der Waals surface area contributed by atoms with Gasteiger partial charge in [-0.15, -0.1) is 0 Å². The van der Waals surface area contributed by atoms with Gasteiger partial charge in [-0.1, -0.05) is 35.4 Å². The van der Waals surface area contributed by atoms with Crippen LogP contribution >= 0.6 is 0 Å². The molecule has 1 saturated heterocycles. The second kappa shape index (κ2) is 6.08. The maximum atomic E-state index is 12.1. The third-order valence-corrected chi connectivity index (χ3v) is 2.99. The van der Waals surface area contributed by atoms with E-state index in [4.69, 9.17) is 10.4 Å². The Hall–Kier alpha value is -2.24. The van der Waals surface area contributed by atoms with E-state index in [1.54, 1.807) is 4.90 Å². The molecule has 1 fully saturated rings. The molecule has 1 heterocycles. The molecule has 1 aromatic carbocycles. The molecule has 0 N–H and O–H groups in total. The van der Waals surface area contributed by atoms with Crippen LogP contribution in [0.15, 0.2) is 35.4 Å². The van der Waals surface area contributed by atoms with Crippen molar-refractivity contribution < 1.29 is 9.63 Å². The monoisotopic (exact) mass is 261 g/mol. The van der Waals surface area contributed by atoms with E-state index in [0.29, 0.717) is 13.1 Å². The number of urea groups is 1. The predicted molar refractivity (Wildman–Crippen MR) is 68.9 cm³/mol. The van der Waals surface area contributed by atoms with Crippen molar-refractivity contribution in [1.29, 1.82) is 0 Å². The molecule has 0 aliphatic carbocycles. The zero-order valence-corrected chi connectivity index (χ0v) is 10.6. The average Bonchev–Trinajstić information content (AvgIpc) is 2.73. The van der Waals surface area contributed by atoms with Gasteiger partial charge in [0.05, 0.1) is 19.7 Å². The maximum absolute atomic E-state index is 12.1. The standard InChI is InChI=1S/C12H15N5O2/c1-19-17-11(7-14-15-13)9-16(12(17)18)8-10-5-3-2-4-6-10/h2-6,11H,7-9H2,1H3. The molecule has 7 nitrogen and oxygen atoms in total. The first-order valence-electron chi connectivity index (χ1n) is 5.93. The number of amides is 2. The lowest BCUT2D eigenvalue weighted by Gasteiger charge is -2.18. The van der Waals surface area contributed by atoms with Gasteiger partial charge in [0.25, 0.3) is 0 Å². The zero-order chi connectivity index (χ0) is 13.7. The Labute approximate surface area is 110 Å². The molecule has 0 saturated carbocycles. The summed E-state index contributed by atoms with van der Waals surface area (Å²) in [6.07, 6.45) is 0. The second-order valence-corrected chi connectivity index (χ2v) is 4.22. The molecular weight excluding hydrogens is 246 g/mol. The van der Waals surface area contributed by atoms with Crippen LogP contribution in [0.4, 0.5) is 4.79 Å². The molecule has 7 heteroatoms. The first-order chi connectivity index (χ1) is 9.26. The van der Waals surface area contributed by atoms with Crippen molar-refractivity contribution in [1.82, 2.24) is 9.96 Å². The summed E-state index contributed by atoms with van der Waals surface area (Å²) in [6, 6.07) is 9.28. The summed E-state index contributed by atoms with van der Waals surface area (Å²) in [4.78, 5) is 21.6. The van der Waals surface area contributed by atoms with Crippen molar-refractivity contribution in [3.05, 3.63) is 46.3 Å². The van der Waals surface area contributed by atoms with Gasteiger partial charge in [-0.2, -0.15) is 5.06 Å². The zero-order valence-electron chi connectivity index (χ0n) is 10.6. The van der Waals surface area contributed by atoms with E-state index in [1.807, 2.05) is 30.3 Å². The van der Waals surface area contributed by atoms with Crippen molar-refractivity contribution in [3.63, 3.8) is 0 Å². The van der Waals surface area contributed by atoms with Crippen LogP contribution < -0.4 is 0 Å². The molecule has 1 aliphatic heterocycles. The van der Waals surface area contributed by atoms with Crippen LogP contribution in [0.5, 0.6) is 0 Å². The molecule has 100 valence electrons. The second-order valence-electron chi connectivity index (χ2n) is 4.22. The number of nitrogens with zero attached hydrogens (tertiary/aromatic N) is 5. The minimum atomic E-state index is -0.239. The number of benzene rings is 1. The Kier molecular flexibility index (Phi) is 4.22. The highest BCUT2D eigenvalue weighted by Gasteiger charge is 2.37. The predicted octanol–water partition coefficient (Wildman–Crippen LogP) is 2.16. The van der Waals surface area contributed by atoms with E-state index >= 15 is 0 Å². The quantitative estimate of drug-likeness (QED) is 0.462. The van der Waals surface area contributed by atoms with Crippen molar-refractivity contribution in [3.8, 4) is 0 Å². The molecule has 1 aliphatic rings. The lowest BCUT2D eigenvalue weighted by molar-refractivity contribution is -0.0974. The lowest BCUT2D eigenvalue weighted by atomic mass is 10.2. The minimum absolute atomic E-state index is 0.204. The first kappa shape index (κ1) is 13.2. The van der Waals surface area contributed by atoms with Crippen molar-refractivity contribution >= 4 is 6.03 Å². The Morgan fingerprint density at radius 2 is 2.21 bits per heavy atom. The van der Waals surface area contributed by atoms with Crippen LogP contribution in [0.1, 0.15) is 5.56 Å². The molecule has 0 spiro atoms. The SMILES string of the molecule is CON1C(=O)N(Cc2ccccc2)CC1CN=[N+]=[N-]. The van der Waals surface area contributed by atoms with Gasteiger partial charge in [0.2, 0.25) is 0 Å². The highest BCUT2D eigenvalue weighted by molar-refractivity contribution is 5.76. The molecule has 0 bridgehead atoms. The summed E-state index contributed by atoms with van der Waals surface area (Å²) in [5, 5.41) is 4.77. The summed E-state index contributed by atoms with van der Waals surface area (Å²) in [5.74, 6) is 0. The number of azide groups is 1. The number of carbonyl (C=O) groups is 1. The van der Waals surface area contributed by atoms with Crippen LogP contribution in [-0.4, -0.2) is 42.2 Å². The fraction of sp³-hybridized carbons (Fsp3) is 0.417. The number of carbonyl (C=O) groups excluding carboxylic acids is 1. The normalized spacial score (nSPS) is 18.6. The Morgan fingerprint density at radius 3 is 2.84 bits per heavy atom. The third kappa shape index (κ3) is 2.96. The van der Waals surface area contributed by atoms with Gasteiger partial charge in [0.1, 0.15) is 0 Å². The minimum Gasteiger partial charge on any atom is -0.316 e. The van der Waals surface area contributed by atoms with Crippen LogP contribution in [0, 0.1) is 0 Å². The van der Waals surface area contributed by atoms with E-state index in [0.717, 1.165) is 5.56 Å². The van der Waals surface area contributed by atoms with E-state index in [9.17, 15) is 4.79 Å². The van der Waals surface area contributed by atoms with Gasteiger partial charge >= 0.3 is 6.03 Å². The summed E-state index contributed by atoms with van der Waals surface area (Å²) in [6.45, 7) is 1.22. The van der Waals surface area contributed by atoms with Gasteiger partial charge in [-0.25, -0.2) is 4.79 Å². The molecular formula is C12H15N5O2. The topological polar surface area (TPSA) is 81.5 Å². The summed E-state index contributed by atoms with van der Waals surface area (Å²) < 4.78 is 0. The first-order valence-corrected chi connectivity index (χ1v) is 5.93. The molecule has 2 amide bonds. The highest BCUT2D eigenvalue weighted by atomic mass is 16.7. The fourth-order valence-electron chi connectivity index (χ4n) is 2.13. The summed E-state index contributed by atoms with van der Waals surface area (Å²) >= 11 is 0. The maximum Gasteiger partial charge on any atom is 0.344 e. The van der Waals surface area contributed by atoms with Gasteiger partial charge in [0, 0.05) is 18.0 Å². The molecule has 1 unspecified atom stereocenters. The Morgan fingerprint density at radius 1 is 1.47 bits per heavy atom. The van der Waals surface area contributed by atoms with Crippen LogP contribution in [-0.2, 0) is 11.4 Å². The summed E-state index contributed by atoms with van der Waals surface area (Å²) in [5.41, 5.74) is 9.41. The van der Waals surface area contributed by atoms with E-state index in [-0.39, 0.29) is 18.6 Å². The third-order valence-electron chi connectivity index (χ3n) is 2.99. The Balaban J connectivity index is 2.06. The lowest BCUT2D eigenvalue weighted by Crippen LogP contribution is -2.35. The van der Waals surface area contributed by atoms with Gasteiger partial charge < -0.3 is 4.90 Å². The van der Waals surface area contributed by atoms with E-state index in [2.05, 4.69) is 10.0 Å². The Bertz CT molecular complexity index is 486. The van der Waals surface area contributed by atoms with Gasteiger partial charge in [-0.3, -0.25) is 4.84 Å². The summed E-state index contributed by atoms with van der Waals surface area (Å²) in [7, 11) is 1.44. The molecule has 0 aromatic heterocycles. The van der Waals surface area contributed by atoms with Crippen LogP contribution in [0.25, 0.3) is 10.4 Å². The molecule has 19 heavy (non-hydrogen) atoms.